The highest BCUT2D eigenvalue weighted by molar-refractivity contribution is 7.84. The number of nitrogens with zero attached hydrogens (tertiary/aromatic N) is 3. The second-order valence-electron chi connectivity index (χ2n) is 5.09. The minimum Gasteiger partial charge on any atom is -0.309 e. The van der Waals surface area contributed by atoms with Gasteiger partial charge in [-0.2, -0.15) is 8.42 Å². The molecule has 3 N–H and O–H groups in total. The molecule has 1 aromatic rings. The summed E-state index contributed by atoms with van der Waals surface area (Å²) < 4.78 is 31.7. The molecule has 9 nitrogen and oxygen atoms in total. The minimum atomic E-state index is -4.59. The number of urea groups is 1. The molecular formula is C12H14N4O5S. The molecule has 0 bridgehead atoms. The van der Waals surface area contributed by atoms with Crippen LogP contribution < -0.4 is 10.9 Å². The molecule has 2 aliphatic heterocycles. The van der Waals surface area contributed by atoms with Gasteiger partial charge in [-0.15, -0.1) is 0 Å². The number of hydrogen-bond donors (Lipinski definition) is 2. The lowest BCUT2D eigenvalue weighted by atomic mass is 10.0. The zero-order valence-electron chi connectivity index (χ0n) is 11.4. The van der Waals surface area contributed by atoms with Crippen LogP contribution in [0.3, 0.4) is 0 Å². The summed E-state index contributed by atoms with van der Waals surface area (Å²) in [6, 6.07) is 6.25. The van der Waals surface area contributed by atoms with E-state index in [-0.39, 0.29) is 13.0 Å². The number of carbonyl (C=O) groups is 2. The van der Waals surface area contributed by atoms with Gasteiger partial charge in [-0.25, -0.2) is 20.0 Å². The van der Waals surface area contributed by atoms with Crippen molar-refractivity contribution < 1.29 is 22.6 Å². The molecule has 2 atom stereocenters. The third-order valence-electron chi connectivity index (χ3n) is 3.87. The summed E-state index contributed by atoms with van der Waals surface area (Å²) in [4.78, 5) is 25.5. The van der Waals surface area contributed by atoms with E-state index in [1.165, 1.54) is 4.90 Å². The Bertz CT molecular complexity index is 722. The van der Waals surface area contributed by atoms with Gasteiger partial charge in [0.1, 0.15) is 6.04 Å². The molecule has 2 heterocycles. The van der Waals surface area contributed by atoms with Crippen LogP contribution in [0.5, 0.6) is 0 Å². The fraction of sp³-hybridized carbons (Fsp3) is 0.333. The third-order valence-corrected chi connectivity index (χ3v) is 4.82. The van der Waals surface area contributed by atoms with Gasteiger partial charge in [-0.3, -0.25) is 9.35 Å². The first kappa shape index (κ1) is 14.8. The molecule has 3 amide bonds. The summed E-state index contributed by atoms with van der Waals surface area (Å²) >= 11 is 0. The Kier molecular flexibility index (Phi) is 3.31. The number of para-hydroxylation sites is 1. The lowest BCUT2D eigenvalue weighted by molar-refractivity contribution is -0.143. The Morgan fingerprint density at radius 3 is 2.55 bits per heavy atom. The van der Waals surface area contributed by atoms with Crippen molar-refractivity contribution in [1.29, 1.82) is 0 Å². The average molecular weight is 326 g/mol. The van der Waals surface area contributed by atoms with Crippen molar-refractivity contribution in [3.63, 3.8) is 0 Å². The average Bonchev–Trinajstić information content (AvgIpc) is 2.83. The Morgan fingerprint density at radius 1 is 1.32 bits per heavy atom. The topological polar surface area (TPSA) is 124 Å². The van der Waals surface area contributed by atoms with E-state index in [1.807, 2.05) is 0 Å². The fourth-order valence-corrected chi connectivity index (χ4v) is 3.77. The predicted molar refractivity (Wildman–Crippen MR) is 75.8 cm³/mol. The zero-order chi connectivity index (χ0) is 16.1. The van der Waals surface area contributed by atoms with Crippen LogP contribution in [-0.2, 0) is 15.1 Å². The summed E-state index contributed by atoms with van der Waals surface area (Å²) in [6.45, 7) is 0.187. The molecule has 10 heteroatoms. The molecule has 0 unspecified atom stereocenters. The number of amides is 3. The van der Waals surface area contributed by atoms with Crippen LogP contribution in [0.1, 0.15) is 6.42 Å². The number of fused-ring (bicyclic) bond motifs is 1. The van der Waals surface area contributed by atoms with Crippen LogP contribution in [0.4, 0.5) is 10.5 Å². The number of nitrogens with two attached hydrogens (primary N) is 1. The Balaban J connectivity index is 1.78. The van der Waals surface area contributed by atoms with Gasteiger partial charge in [-0.05, 0) is 18.6 Å². The highest BCUT2D eigenvalue weighted by Gasteiger charge is 2.60. The van der Waals surface area contributed by atoms with Crippen LogP contribution in [0.15, 0.2) is 30.3 Å². The fourth-order valence-electron chi connectivity index (χ4n) is 2.87. The number of hydrogen-bond acceptors (Lipinski definition) is 5. The maximum Gasteiger partial charge on any atom is 0.362 e. The second-order valence-corrected chi connectivity index (χ2v) is 6.38. The van der Waals surface area contributed by atoms with Crippen molar-refractivity contribution >= 4 is 27.9 Å². The van der Waals surface area contributed by atoms with E-state index < -0.39 is 34.3 Å². The van der Waals surface area contributed by atoms with Gasteiger partial charge in [0.15, 0.2) is 0 Å². The summed E-state index contributed by atoms with van der Waals surface area (Å²) in [7, 11) is -4.59. The molecule has 1 aromatic carbocycles. The van der Waals surface area contributed by atoms with Gasteiger partial charge in [-0.1, -0.05) is 18.2 Å². The SMILES string of the molecule is NN(C(=O)N1CC[C@@H]2[C@@H]1C(=O)N2S(=O)(=O)O)c1ccccc1. The number of hydrazine groups is 1. The summed E-state index contributed by atoms with van der Waals surface area (Å²) in [6.07, 6.45) is 0.268. The van der Waals surface area contributed by atoms with E-state index in [2.05, 4.69) is 0 Å². The first-order valence-electron chi connectivity index (χ1n) is 6.53. The zero-order valence-corrected chi connectivity index (χ0v) is 12.2. The van der Waals surface area contributed by atoms with E-state index in [9.17, 15) is 18.0 Å². The van der Waals surface area contributed by atoms with Crippen LogP contribution >= 0.6 is 0 Å². The molecule has 0 radical (unpaired) electrons. The molecule has 118 valence electrons. The lowest BCUT2D eigenvalue weighted by Gasteiger charge is -2.42. The molecule has 2 saturated heterocycles. The van der Waals surface area contributed by atoms with Gasteiger partial charge in [0.25, 0.3) is 5.91 Å². The Hall–Kier alpha value is -2.17. The van der Waals surface area contributed by atoms with Crippen LogP contribution in [0.25, 0.3) is 0 Å². The van der Waals surface area contributed by atoms with E-state index in [0.717, 1.165) is 5.01 Å². The summed E-state index contributed by atoms with van der Waals surface area (Å²) in [5.41, 5.74) is 0.453. The maximum atomic E-state index is 12.4. The number of β-lactam (4-membered cyclic amide) rings is 1. The standard InChI is InChI=1S/C12H14N4O5S/c13-15(8-4-2-1-3-5-8)12(18)14-7-6-9-10(14)11(17)16(9)22(19,20)21/h1-5,9-10H,6-7,13H2,(H,19,20,21)/t9-,10-/m1/s1. The van der Waals surface area contributed by atoms with Crippen molar-refractivity contribution in [1.82, 2.24) is 9.21 Å². The van der Waals surface area contributed by atoms with E-state index in [0.29, 0.717) is 9.99 Å². The van der Waals surface area contributed by atoms with E-state index in [1.54, 1.807) is 30.3 Å². The smallest absolute Gasteiger partial charge is 0.309 e. The van der Waals surface area contributed by atoms with Crippen molar-refractivity contribution in [3.05, 3.63) is 30.3 Å². The largest absolute Gasteiger partial charge is 0.362 e. The molecule has 2 aliphatic rings. The van der Waals surface area contributed by atoms with Crippen molar-refractivity contribution in [2.45, 2.75) is 18.5 Å². The molecule has 3 rings (SSSR count). The van der Waals surface area contributed by atoms with Crippen LogP contribution in [0.2, 0.25) is 0 Å². The Morgan fingerprint density at radius 2 is 1.95 bits per heavy atom. The first-order valence-corrected chi connectivity index (χ1v) is 7.93. The predicted octanol–water partition coefficient (Wildman–Crippen LogP) is -0.425. The number of rotatable bonds is 2. The molecular weight excluding hydrogens is 312 g/mol. The number of carbonyl (C=O) groups excluding carboxylic acids is 2. The Labute approximate surface area is 126 Å². The van der Waals surface area contributed by atoms with Crippen LogP contribution in [-0.4, -0.2) is 52.7 Å². The highest BCUT2D eigenvalue weighted by atomic mass is 32.2. The van der Waals surface area contributed by atoms with E-state index in [4.69, 9.17) is 10.4 Å². The van der Waals surface area contributed by atoms with Crippen LogP contribution in [0, 0.1) is 0 Å². The molecule has 0 saturated carbocycles. The normalized spacial score (nSPS) is 24.0. The summed E-state index contributed by atoms with van der Waals surface area (Å²) in [5.74, 6) is 4.95. The number of anilines is 1. The first-order chi connectivity index (χ1) is 10.3. The van der Waals surface area contributed by atoms with Crippen molar-refractivity contribution in [2.24, 2.45) is 5.84 Å². The quantitative estimate of drug-likeness (QED) is 0.250. The molecule has 2 fully saturated rings. The highest BCUT2D eigenvalue weighted by Crippen LogP contribution is 2.36. The molecule has 0 spiro atoms. The van der Waals surface area contributed by atoms with Gasteiger partial charge >= 0.3 is 16.3 Å². The molecule has 22 heavy (non-hydrogen) atoms. The van der Waals surface area contributed by atoms with Gasteiger partial charge in [0.2, 0.25) is 0 Å². The third kappa shape index (κ3) is 2.12. The minimum absolute atomic E-state index is 0.187. The maximum absolute atomic E-state index is 12.4. The van der Waals surface area contributed by atoms with Crippen molar-refractivity contribution in [3.8, 4) is 0 Å². The number of benzene rings is 1. The lowest BCUT2D eigenvalue weighted by Crippen LogP contribution is -2.69. The van der Waals surface area contributed by atoms with Gasteiger partial charge in [0, 0.05) is 6.54 Å². The summed E-state index contributed by atoms with van der Waals surface area (Å²) in [5, 5.41) is 0.908. The monoisotopic (exact) mass is 326 g/mol. The van der Waals surface area contributed by atoms with Crippen molar-refractivity contribution in [2.75, 3.05) is 11.6 Å². The second kappa shape index (κ2) is 4.93. The van der Waals surface area contributed by atoms with E-state index >= 15 is 0 Å². The van der Waals surface area contributed by atoms with Gasteiger partial charge in [0.05, 0.1) is 11.7 Å². The number of likely N-dealkylation sites (tertiary alicyclic amines) is 1. The van der Waals surface area contributed by atoms with Gasteiger partial charge < -0.3 is 4.90 Å². The molecule has 0 aromatic heterocycles. The molecule has 0 aliphatic carbocycles.